The standard InChI is InChI=1S/C29H28ClN5O3S.C28H27ClN6O3S/c1-21-5-3-7-26(30)28(21)39(37,38)33-27(14-18-35-17-4-6-25(35)19-31)29(36)34(2)20-22-8-10-23(11-9-22)24-12-15-32-16-13-24;1-20-5-3-7-25(29)27(20)39(37,38)33-26(12-14-35-13-4-6-24(35)15-30)28(36)34(2)18-21-8-10-22(11-9-21)23-16-31-19-32-17-23/h3-13,15-17,27,33H,14,18,20H2,1-2H3;3-11,13,16-17,19,26,33H,12,14,18H2,1-2H3. The molecule has 2 N–H and O–H groups in total. The average Bonchev–Trinajstić information content (AvgIpc) is 4.13. The summed E-state index contributed by atoms with van der Waals surface area (Å²) in [6, 6.07) is 37.7. The molecule has 8 rings (SSSR count). The summed E-state index contributed by atoms with van der Waals surface area (Å²) in [5.41, 5.74) is 7.42. The predicted molar refractivity (Wildman–Crippen MR) is 298 cm³/mol. The summed E-state index contributed by atoms with van der Waals surface area (Å²) >= 11 is 12.5. The minimum atomic E-state index is -4.13. The second-order valence-corrected chi connectivity index (χ2v) is 22.4. The quantitative estimate of drug-likeness (QED) is 0.0732. The lowest BCUT2D eigenvalue weighted by molar-refractivity contribution is -0.133. The molecule has 0 bridgehead atoms. The van der Waals surface area contributed by atoms with Crippen molar-refractivity contribution in [3.8, 4) is 34.4 Å². The molecule has 0 aliphatic carbocycles. The molecule has 78 heavy (non-hydrogen) atoms. The molecule has 4 heterocycles. The van der Waals surface area contributed by atoms with Crippen molar-refractivity contribution in [2.75, 3.05) is 14.1 Å². The normalized spacial score (nSPS) is 12.1. The van der Waals surface area contributed by atoms with Gasteiger partial charge in [0, 0.05) is 83.0 Å². The van der Waals surface area contributed by atoms with Crippen molar-refractivity contribution in [3.05, 3.63) is 209 Å². The van der Waals surface area contributed by atoms with Crippen molar-refractivity contribution < 1.29 is 26.4 Å². The molecule has 0 aliphatic heterocycles. The van der Waals surface area contributed by atoms with E-state index in [0.29, 0.717) is 22.5 Å². The maximum atomic E-state index is 13.6. The number of hydrogen-bond acceptors (Lipinski definition) is 11. The summed E-state index contributed by atoms with van der Waals surface area (Å²) in [7, 11) is -4.99. The number of nitrogens with one attached hydrogen (secondary N) is 2. The maximum Gasteiger partial charge on any atom is 0.243 e. The number of aromatic nitrogens is 5. The van der Waals surface area contributed by atoms with E-state index in [2.05, 4.69) is 36.5 Å². The summed E-state index contributed by atoms with van der Waals surface area (Å²) < 4.78 is 62.1. The third-order valence-corrected chi connectivity index (χ3v) is 16.9. The van der Waals surface area contributed by atoms with E-state index < -0.39 is 43.9 Å². The summed E-state index contributed by atoms with van der Waals surface area (Å²) in [6.07, 6.45) is 12.1. The Morgan fingerprint density at radius 2 is 0.962 bits per heavy atom. The summed E-state index contributed by atoms with van der Waals surface area (Å²) in [4.78, 5) is 42.2. The molecular formula is C57H55Cl2N11O6S2. The third kappa shape index (κ3) is 14.7. The highest BCUT2D eigenvalue weighted by atomic mass is 35.5. The van der Waals surface area contributed by atoms with Crippen molar-refractivity contribution in [2.24, 2.45) is 0 Å². The van der Waals surface area contributed by atoms with Crippen LogP contribution in [0.3, 0.4) is 0 Å². The van der Waals surface area contributed by atoms with Crippen LogP contribution in [-0.4, -0.2) is 88.7 Å². The number of hydrogen-bond donors (Lipinski definition) is 2. The molecule has 21 heteroatoms. The van der Waals surface area contributed by atoms with Crippen LogP contribution in [0.2, 0.25) is 10.0 Å². The summed E-state index contributed by atoms with van der Waals surface area (Å²) in [5.74, 6) is -0.804. The van der Waals surface area contributed by atoms with Gasteiger partial charge in [-0.3, -0.25) is 14.6 Å². The molecule has 0 fully saturated rings. The number of pyridine rings is 1. The van der Waals surface area contributed by atoms with Crippen LogP contribution in [0.15, 0.2) is 175 Å². The van der Waals surface area contributed by atoms with Gasteiger partial charge < -0.3 is 18.9 Å². The smallest absolute Gasteiger partial charge is 0.243 e. The number of carbonyl (C=O) groups excluding carboxylic acids is 2. The van der Waals surface area contributed by atoms with Gasteiger partial charge in [-0.15, -0.1) is 0 Å². The lowest BCUT2D eigenvalue weighted by Gasteiger charge is -2.25. The minimum absolute atomic E-state index is 0.0579. The van der Waals surface area contributed by atoms with Crippen LogP contribution in [0.4, 0.5) is 0 Å². The Hall–Kier alpha value is -8.01. The third-order valence-electron chi connectivity index (χ3n) is 12.7. The second-order valence-electron chi connectivity index (χ2n) is 18.2. The number of nitrogens with zero attached hydrogens (tertiary/aromatic N) is 9. The minimum Gasteiger partial charge on any atom is -0.340 e. The average molecular weight is 1130 g/mol. The Morgan fingerprint density at radius 1 is 0.564 bits per heavy atom. The largest absolute Gasteiger partial charge is 0.340 e. The monoisotopic (exact) mass is 1120 g/mol. The topological polar surface area (TPSA) is 229 Å². The first kappa shape index (κ1) is 57.7. The van der Waals surface area contributed by atoms with Gasteiger partial charge in [-0.1, -0.05) is 96.0 Å². The molecule has 0 aliphatic rings. The van der Waals surface area contributed by atoms with Gasteiger partial charge in [-0.25, -0.2) is 26.8 Å². The molecule has 17 nitrogen and oxygen atoms in total. The Bertz CT molecular complexity index is 3400. The van der Waals surface area contributed by atoms with Gasteiger partial charge in [0.05, 0.1) is 10.0 Å². The molecule has 8 aromatic rings. The van der Waals surface area contributed by atoms with Crippen LogP contribution in [0.1, 0.15) is 46.5 Å². The number of carbonyl (C=O) groups is 2. The molecule has 0 spiro atoms. The van der Waals surface area contributed by atoms with Crippen LogP contribution in [-0.2, 0) is 55.8 Å². The fourth-order valence-corrected chi connectivity index (χ4v) is 12.8. The van der Waals surface area contributed by atoms with Gasteiger partial charge in [-0.05, 0) is 114 Å². The Morgan fingerprint density at radius 3 is 1.36 bits per heavy atom. The number of benzene rings is 4. The van der Waals surface area contributed by atoms with Crippen molar-refractivity contribution >= 4 is 55.1 Å². The first-order valence-electron chi connectivity index (χ1n) is 24.4. The molecule has 2 atom stereocenters. The molecule has 2 unspecified atom stereocenters. The Labute approximate surface area is 464 Å². The first-order chi connectivity index (χ1) is 37.4. The molecular weight excluding hydrogens is 1070 g/mol. The van der Waals surface area contributed by atoms with Gasteiger partial charge in [-0.2, -0.15) is 20.0 Å². The van der Waals surface area contributed by atoms with Crippen LogP contribution in [0.25, 0.3) is 22.3 Å². The van der Waals surface area contributed by atoms with Crippen LogP contribution < -0.4 is 9.44 Å². The van der Waals surface area contributed by atoms with E-state index in [1.54, 1.807) is 123 Å². The maximum absolute atomic E-state index is 13.6. The van der Waals surface area contributed by atoms with Gasteiger partial charge in [0.2, 0.25) is 31.9 Å². The van der Waals surface area contributed by atoms with Crippen LogP contribution in [0, 0.1) is 36.5 Å². The number of amides is 2. The summed E-state index contributed by atoms with van der Waals surface area (Å²) in [5, 5.41) is 18.8. The van der Waals surface area contributed by atoms with E-state index >= 15 is 0 Å². The number of halogens is 2. The number of rotatable bonds is 20. The zero-order chi connectivity index (χ0) is 56.0. The van der Waals surface area contributed by atoms with E-state index in [1.165, 1.54) is 28.3 Å². The van der Waals surface area contributed by atoms with Gasteiger partial charge in [0.1, 0.15) is 51.7 Å². The molecule has 4 aromatic carbocycles. The Balaban J connectivity index is 0.000000226. The van der Waals surface area contributed by atoms with Crippen molar-refractivity contribution in [1.82, 2.24) is 43.3 Å². The van der Waals surface area contributed by atoms with E-state index in [-0.39, 0.29) is 58.9 Å². The molecule has 2 amide bonds. The van der Waals surface area contributed by atoms with Gasteiger partial charge >= 0.3 is 0 Å². The summed E-state index contributed by atoms with van der Waals surface area (Å²) in [6.45, 7) is 4.38. The predicted octanol–water partition coefficient (Wildman–Crippen LogP) is 8.95. The number of sulfonamides is 2. The number of aryl methyl sites for hydroxylation is 4. The van der Waals surface area contributed by atoms with E-state index in [0.717, 1.165) is 33.4 Å². The number of nitriles is 2. The first-order valence-corrected chi connectivity index (χ1v) is 28.1. The lowest BCUT2D eigenvalue weighted by atomic mass is 10.0. The van der Waals surface area contributed by atoms with Crippen molar-refractivity contribution in [3.63, 3.8) is 0 Å². The van der Waals surface area contributed by atoms with E-state index in [4.69, 9.17) is 23.2 Å². The molecule has 0 saturated carbocycles. The van der Waals surface area contributed by atoms with E-state index in [9.17, 15) is 36.9 Å². The molecule has 4 aromatic heterocycles. The van der Waals surface area contributed by atoms with E-state index in [1.807, 2.05) is 60.7 Å². The van der Waals surface area contributed by atoms with Crippen molar-refractivity contribution in [1.29, 1.82) is 10.5 Å². The van der Waals surface area contributed by atoms with Crippen LogP contribution >= 0.6 is 23.2 Å². The fourth-order valence-electron chi connectivity index (χ4n) is 8.66. The highest BCUT2D eigenvalue weighted by Crippen LogP contribution is 2.28. The lowest BCUT2D eigenvalue weighted by Crippen LogP contribution is -2.47. The second kappa shape index (κ2) is 26.4. The molecule has 0 radical (unpaired) electrons. The van der Waals surface area contributed by atoms with Crippen LogP contribution in [0.5, 0.6) is 0 Å². The zero-order valence-corrected chi connectivity index (χ0v) is 46.2. The Kier molecular flexibility index (Phi) is 19.5. The fraction of sp³-hybridized carbons (Fsp3) is 0.211. The highest BCUT2D eigenvalue weighted by Gasteiger charge is 2.32. The number of likely N-dealkylation sites (N-methyl/N-ethyl adjacent to an activating group) is 2. The molecule has 400 valence electrons. The highest BCUT2D eigenvalue weighted by molar-refractivity contribution is 7.90. The SMILES string of the molecule is Cc1cccc(Cl)c1S(=O)(=O)NC(CCn1cccc1C#N)C(=O)N(C)Cc1ccc(-c2ccncc2)cc1.Cc1cccc(Cl)c1S(=O)(=O)NC(CCn1cccc1C#N)C(=O)N(C)Cc1ccc(-c2cncnc2)cc1. The molecule has 0 saturated heterocycles. The zero-order valence-electron chi connectivity index (χ0n) is 43.0. The van der Waals surface area contributed by atoms with Crippen molar-refractivity contribution in [2.45, 2.75) is 74.7 Å². The van der Waals surface area contributed by atoms with Gasteiger partial charge in [0.25, 0.3) is 0 Å². The van der Waals surface area contributed by atoms with Gasteiger partial charge in [0.15, 0.2) is 0 Å².